The summed E-state index contributed by atoms with van der Waals surface area (Å²) in [5, 5.41) is 0.694. The fourth-order valence-electron chi connectivity index (χ4n) is 2.66. The first-order valence-electron chi connectivity index (χ1n) is 7.40. The molecule has 3 rings (SSSR count). The van der Waals surface area contributed by atoms with E-state index in [1.807, 2.05) is 28.9 Å². The molecule has 0 amide bonds. The Morgan fingerprint density at radius 3 is 2.71 bits per heavy atom. The largest absolute Gasteiger partial charge is 0.370 e. The molecule has 1 saturated heterocycles. The monoisotopic (exact) mass is 305 g/mol. The molecule has 1 fully saturated rings. The number of guanidine groups is 1. The summed E-state index contributed by atoms with van der Waals surface area (Å²) in [6, 6.07) is 3.73. The van der Waals surface area contributed by atoms with Crippen LogP contribution in [0.2, 0.25) is 5.02 Å². The maximum absolute atomic E-state index is 6.10. The molecule has 0 aliphatic carbocycles. The molecule has 2 aromatic rings. The van der Waals surface area contributed by atoms with E-state index in [9.17, 15) is 0 Å². The van der Waals surface area contributed by atoms with Gasteiger partial charge in [0, 0.05) is 25.5 Å². The SMILES string of the molecule is NC(=NCc1cn2cc(Cl)ccc2n1)N1CCCCCC1. The van der Waals surface area contributed by atoms with E-state index in [2.05, 4.69) is 14.9 Å². The molecule has 0 spiro atoms. The lowest BCUT2D eigenvalue weighted by Crippen LogP contribution is -2.38. The minimum absolute atomic E-state index is 0.502. The van der Waals surface area contributed by atoms with E-state index < -0.39 is 0 Å². The van der Waals surface area contributed by atoms with Crippen molar-refractivity contribution in [3.63, 3.8) is 0 Å². The quantitative estimate of drug-likeness (QED) is 0.685. The van der Waals surface area contributed by atoms with Gasteiger partial charge in [0.1, 0.15) is 5.65 Å². The van der Waals surface area contributed by atoms with E-state index in [4.69, 9.17) is 17.3 Å². The molecule has 2 aromatic heterocycles. The van der Waals surface area contributed by atoms with E-state index in [-0.39, 0.29) is 0 Å². The van der Waals surface area contributed by atoms with Crippen LogP contribution in [0.15, 0.2) is 29.5 Å². The van der Waals surface area contributed by atoms with Crippen LogP contribution < -0.4 is 5.73 Å². The fraction of sp³-hybridized carbons (Fsp3) is 0.467. The molecule has 0 radical (unpaired) electrons. The highest BCUT2D eigenvalue weighted by molar-refractivity contribution is 6.30. The third kappa shape index (κ3) is 3.47. The van der Waals surface area contributed by atoms with Crippen molar-refractivity contribution in [2.24, 2.45) is 10.7 Å². The Kier molecular flexibility index (Phi) is 4.29. The van der Waals surface area contributed by atoms with Crippen molar-refractivity contribution in [2.45, 2.75) is 32.2 Å². The van der Waals surface area contributed by atoms with Crippen molar-refractivity contribution in [1.29, 1.82) is 0 Å². The topological polar surface area (TPSA) is 58.9 Å². The van der Waals surface area contributed by atoms with Gasteiger partial charge in [0.15, 0.2) is 5.96 Å². The Bertz CT molecular complexity index is 641. The minimum Gasteiger partial charge on any atom is -0.370 e. The first kappa shape index (κ1) is 14.2. The number of aliphatic imine (C=N–C) groups is 1. The van der Waals surface area contributed by atoms with Crippen LogP contribution in [0.5, 0.6) is 0 Å². The van der Waals surface area contributed by atoms with Crippen LogP contribution >= 0.6 is 11.6 Å². The van der Waals surface area contributed by atoms with E-state index in [1.54, 1.807) is 0 Å². The molecule has 0 aromatic carbocycles. The number of rotatable bonds is 2. The smallest absolute Gasteiger partial charge is 0.191 e. The Morgan fingerprint density at radius 2 is 1.95 bits per heavy atom. The van der Waals surface area contributed by atoms with Gasteiger partial charge in [-0.1, -0.05) is 24.4 Å². The van der Waals surface area contributed by atoms with E-state index >= 15 is 0 Å². The fourth-order valence-corrected chi connectivity index (χ4v) is 2.82. The number of halogens is 1. The maximum atomic E-state index is 6.10. The molecule has 21 heavy (non-hydrogen) atoms. The van der Waals surface area contributed by atoms with Crippen molar-refractivity contribution in [2.75, 3.05) is 13.1 Å². The van der Waals surface area contributed by atoms with Crippen molar-refractivity contribution in [3.8, 4) is 0 Å². The molecule has 0 unspecified atom stereocenters. The molecule has 0 atom stereocenters. The zero-order valence-electron chi connectivity index (χ0n) is 12.0. The third-order valence-electron chi connectivity index (χ3n) is 3.80. The maximum Gasteiger partial charge on any atom is 0.191 e. The molecular formula is C15H20ClN5. The van der Waals surface area contributed by atoms with Gasteiger partial charge in [-0.05, 0) is 25.0 Å². The highest BCUT2D eigenvalue weighted by Gasteiger charge is 2.11. The van der Waals surface area contributed by atoms with Crippen LogP contribution in [0.1, 0.15) is 31.4 Å². The van der Waals surface area contributed by atoms with E-state index in [0.717, 1.165) is 24.4 Å². The molecule has 6 heteroatoms. The summed E-state index contributed by atoms with van der Waals surface area (Å²) >= 11 is 5.97. The number of fused-ring (bicyclic) bond motifs is 1. The molecule has 0 bridgehead atoms. The molecule has 1 aliphatic rings. The Morgan fingerprint density at radius 1 is 1.19 bits per heavy atom. The molecule has 5 nitrogen and oxygen atoms in total. The number of nitrogens with zero attached hydrogens (tertiary/aromatic N) is 4. The predicted molar refractivity (Wildman–Crippen MR) is 85.6 cm³/mol. The number of hydrogen-bond donors (Lipinski definition) is 1. The highest BCUT2D eigenvalue weighted by atomic mass is 35.5. The zero-order valence-corrected chi connectivity index (χ0v) is 12.8. The second-order valence-corrected chi connectivity index (χ2v) is 5.86. The minimum atomic E-state index is 0.502. The van der Waals surface area contributed by atoms with Crippen molar-refractivity contribution in [3.05, 3.63) is 35.2 Å². The van der Waals surface area contributed by atoms with Crippen LogP contribution in [0.3, 0.4) is 0 Å². The summed E-state index contributed by atoms with van der Waals surface area (Å²) in [4.78, 5) is 11.2. The summed E-state index contributed by atoms with van der Waals surface area (Å²) in [5.74, 6) is 0.631. The summed E-state index contributed by atoms with van der Waals surface area (Å²) in [5.41, 5.74) is 7.88. The second-order valence-electron chi connectivity index (χ2n) is 5.42. The first-order chi connectivity index (χ1) is 10.2. The average molecular weight is 306 g/mol. The summed E-state index contributed by atoms with van der Waals surface area (Å²) in [7, 11) is 0. The number of pyridine rings is 1. The van der Waals surface area contributed by atoms with Gasteiger partial charge in [-0.25, -0.2) is 9.98 Å². The normalized spacial score (nSPS) is 17.2. The van der Waals surface area contributed by atoms with E-state index in [0.29, 0.717) is 17.5 Å². The van der Waals surface area contributed by atoms with Crippen molar-refractivity contribution >= 4 is 23.2 Å². The Hall–Kier alpha value is -1.75. The lowest BCUT2D eigenvalue weighted by atomic mass is 10.2. The van der Waals surface area contributed by atoms with Crippen LogP contribution in [-0.2, 0) is 6.54 Å². The summed E-state index contributed by atoms with van der Waals surface area (Å²) in [6.07, 6.45) is 8.76. The van der Waals surface area contributed by atoms with Gasteiger partial charge in [0.25, 0.3) is 0 Å². The van der Waals surface area contributed by atoms with Gasteiger partial charge in [-0.2, -0.15) is 0 Å². The number of hydrogen-bond acceptors (Lipinski definition) is 2. The lowest BCUT2D eigenvalue weighted by Gasteiger charge is -2.20. The van der Waals surface area contributed by atoms with Crippen molar-refractivity contribution in [1.82, 2.24) is 14.3 Å². The number of imidazole rings is 1. The molecule has 2 N–H and O–H groups in total. The van der Waals surface area contributed by atoms with Gasteiger partial charge in [-0.15, -0.1) is 0 Å². The van der Waals surface area contributed by atoms with Gasteiger partial charge in [0.05, 0.1) is 17.3 Å². The molecule has 1 aliphatic heterocycles. The highest BCUT2D eigenvalue weighted by Crippen LogP contribution is 2.13. The number of nitrogens with two attached hydrogens (primary N) is 1. The third-order valence-corrected chi connectivity index (χ3v) is 4.02. The Balaban J connectivity index is 1.70. The van der Waals surface area contributed by atoms with E-state index in [1.165, 1.54) is 25.7 Å². The molecule has 3 heterocycles. The average Bonchev–Trinajstić information content (AvgIpc) is 2.69. The van der Waals surface area contributed by atoms with Gasteiger partial charge in [-0.3, -0.25) is 0 Å². The predicted octanol–water partition coefficient (Wildman–Crippen LogP) is 2.68. The van der Waals surface area contributed by atoms with Crippen LogP contribution in [0, 0.1) is 0 Å². The second kappa shape index (κ2) is 6.35. The standard InChI is InChI=1S/C15H20ClN5/c16-12-5-6-14-19-13(11-21(14)10-12)9-18-15(17)20-7-3-1-2-4-8-20/h5-6,10-11H,1-4,7-9H2,(H2,17,18). The summed E-state index contributed by atoms with van der Waals surface area (Å²) in [6.45, 7) is 2.52. The summed E-state index contributed by atoms with van der Waals surface area (Å²) < 4.78 is 1.91. The van der Waals surface area contributed by atoms with Gasteiger partial charge in [0.2, 0.25) is 0 Å². The first-order valence-corrected chi connectivity index (χ1v) is 7.78. The van der Waals surface area contributed by atoms with Gasteiger partial charge < -0.3 is 15.0 Å². The van der Waals surface area contributed by atoms with Crippen LogP contribution in [0.25, 0.3) is 5.65 Å². The van der Waals surface area contributed by atoms with Crippen LogP contribution in [-0.4, -0.2) is 33.3 Å². The molecular weight excluding hydrogens is 286 g/mol. The number of likely N-dealkylation sites (tertiary alicyclic amines) is 1. The zero-order chi connectivity index (χ0) is 14.7. The van der Waals surface area contributed by atoms with Crippen LogP contribution in [0.4, 0.5) is 0 Å². The lowest BCUT2D eigenvalue weighted by molar-refractivity contribution is 0.428. The number of aromatic nitrogens is 2. The molecule has 0 saturated carbocycles. The van der Waals surface area contributed by atoms with Crippen molar-refractivity contribution < 1.29 is 0 Å². The van der Waals surface area contributed by atoms with Gasteiger partial charge >= 0.3 is 0 Å². The Labute approximate surface area is 129 Å². The molecule has 112 valence electrons.